The van der Waals surface area contributed by atoms with Crippen molar-refractivity contribution in [3.63, 3.8) is 0 Å². The van der Waals surface area contributed by atoms with Crippen molar-refractivity contribution in [2.45, 2.75) is 32.5 Å². The molecule has 0 fully saturated rings. The highest BCUT2D eigenvalue weighted by Crippen LogP contribution is 2.51. The lowest BCUT2D eigenvalue weighted by Crippen LogP contribution is -2.14. The molecule has 0 saturated heterocycles. The van der Waals surface area contributed by atoms with Crippen LogP contribution >= 0.6 is 0 Å². The van der Waals surface area contributed by atoms with Gasteiger partial charge in [-0.2, -0.15) is 0 Å². The fourth-order valence-electron chi connectivity index (χ4n) is 7.76. The van der Waals surface area contributed by atoms with E-state index in [1.165, 1.54) is 33.4 Å². The van der Waals surface area contributed by atoms with Gasteiger partial charge in [-0.3, -0.25) is 4.57 Å². The number of aromatic nitrogens is 2. The van der Waals surface area contributed by atoms with Crippen molar-refractivity contribution in [3.8, 4) is 39.1 Å². The van der Waals surface area contributed by atoms with E-state index in [1.807, 2.05) is 42.5 Å². The molecule has 0 radical (unpaired) electrons. The van der Waals surface area contributed by atoms with Gasteiger partial charge in [-0.25, -0.2) is 4.98 Å². The minimum absolute atomic E-state index is 0.112. The van der Waals surface area contributed by atoms with Crippen molar-refractivity contribution < 1.29 is 6.85 Å². The Labute approximate surface area is 276 Å². The third-order valence-corrected chi connectivity index (χ3v) is 9.89. The molecule has 46 heavy (non-hydrogen) atoms. The predicted octanol–water partition coefficient (Wildman–Crippen LogP) is 11.5. The normalized spacial score (nSPS) is 15.6. The first kappa shape index (κ1) is 22.1. The summed E-state index contributed by atoms with van der Waals surface area (Å²) in [7, 11) is 0. The van der Waals surface area contributed by atoms with Gasteiger partial charge in [-0.05, 0) is 96.4 Å². The van der Waals surface area contributed by atoms with Gasteiger partial charge in [0.25, 0.3) is 0 Å². The number of fused-ring (bicyclic) bond motifs is 6. The molecule has 2 nitrogen and oxygen atoms in total. The zero-order chi connectivity index (χ0) is 35.3. The number of para-hydroxylation sites is 2. The zero-order valence-corrected chi connectivity index (χ0v) is 25.7. The molecule has 0 aliphatic heterocycles. The van der Waals surface area contributed by atoms with Gasteiger partial charge in [-0.15, -0.1) is 0 Å². The molecular formula is C44H34N2. The number of imidazole rings is 1. The summed E-state index contributed by atoms with van der Waals surface area (Å²) >= 11 is 0. The van der Waals surface area contributed by atoms with Crippen LogP contribution in [0.15, 0.2) is 140 Å². The van der Waals surface area contributed by atoms with E-state index in [-0.39, 0.29) is 11.2 Å². The van der Waals surface area contributed by atoms with Crippen molar-refractivity contribution in [1.82, 2.24) is 9.55 Å². The maximum Gasteiger partial charge on any atom is 0.114 e. The van der Waals surface area contributed by atoms with Gasteiger partial charge < -0.3 is 0 Å². The van der Waals surface area contributed by atoms with Crippen molar-refractivity contribution in [1.29, 1.82) is 0 Å². The zero-order valence-electron chi connectivity index (χ0n) is 30.7. The fourth-order valence-corrected chi connectivity index (χ4v) is 7.76. The van der Waals surface area contributed by atoms with Crippen LogP contribution in [0.2, 0.25) is 0 Å². The third-order valence-electron chi connectivity index (χ3n) is 9.89. The molecule has 0 saturated carbocycles. The number of aryl methyl sites for hydroxylation is 1. The summed E-state index contributed by atoms with van der Waals surface area (Å²) in [6.07, 6.45) is -2.66. The van der Waals surface area contributed by atoms with Crippen LogP contribution in [0.25, 0.3) is 71.6 Å². The molecule has 1 aromatic heterocycles. The highest BCUT2D eigenvalue weighted by Gasteiger charge is 2.35. The molecule has 7 aromatic carbocycles. The maximum atomic E-state index is 8.61. The first-order valence-electron chi connectivity index (χ1n) is 18.2. The monoisotopic (exact) mass is 595 g/mol. The number of hydrogen-bond donors (Lipinski definition) is 0. The van der Waals surface area contributed by atoms with E-state index >= 15 is 0 Å². The number of benzene rings is 7. The van der Waals surface area contributed by atoms with Crippen molar-refractivity contribution in [2.24, 2.45) is 0 Å². The molecule has 1 aliphatic carbocycles. The second kappa shape index (κ2) is 10.0. The van der Waals surface area contributed by atoms with Crippen molar-refractivity contribution >= 4 is 32.6 Å². The summed E-state index contributed by atoms with van der Waals surface area (Å²) in [6.45, 7) is 1.73. The first-order valence-corrected chi connectivity index (χ1v) is 15.7. The Morgan fingerprint density at radius 1 is 0.609 bits per heavy atom. The lowest BCUT2D eigenvalue weighted by atomic mass is 9.80. The van der Waals surface area contributed by atoms with Gasteiger partial charge in [0.05, 0.1) is 11.0 Å². The molecule has 0 N–H and O–H groups in total. The van der Waals surface area contributed by atoms with Crippen LogP contribution in [-0.4, -0.2) is 9.55 Å². The molecular weight excluding hydrogens is 556 g/mol. The smallest absolute Gasteiger partial charge is 0.114 e. The molecule has 0 atom stereocenters. The lowest BCUT2D eigenvalue weighted by Gasteiger charge is -2.23. The molecule has 0 unspecified atom stereocenters. The van der Waals surface area contributed by atoms with Crippen LogP contribution in [0.5, 0.6) is 0 Å². The largest absolute Gasteiger partial charge is 0.296 e. The van der Waals surface area contributed by atoms with Gasteiger partial charge in [-0.1, -0.05) is 130 Å². The number of hydrogen-bond acceptors (Lipinski definition) is 1. The van der Waals surface area contributed by atoms with Gasteiger partial charge in [0.15, 0.2) is 0 Å². The summed E-state index contributed by atoms with van der Waals surface area (Å²) in [5.74, 6) is -0.141. The number of rotatable bonds is 4. The Morgan fingerprint density at radius 3 is 1.87 bits per heavy atom. The van der Waals surface area contributed by atoms with E-state index in [1.54, 1.807) is 10.6 Å². The van der Waals surface area contributed by atoms with Crippen LogP contribution in [0.4, 0.5) is 0 Å². The van der Waals surface area contributed by atoms with Crippen molar-refractivity contribution in [2.75, 3.05) is 0 Å². The third kappa shape index (κ3) is 3.80. The molecule has 9 rings (SSSR count). The maximum absolute atomic E-state index is 8.61. The Balaban J connectivity index is 1.23. The Hall–Kier alpha value is -5.47. The molecule has 0 spiro atoms. The summed E-state index contributed by atoms with van der Waals surface area (Å²) < 4.78 is 42.8. The van der Waals surface area contributed by atoms with E-state index in [2.05, 4.69) is 110 Å². The van der Waals surface area contributed by atoms with Crippen LogP contribution in [-0.2, 0) is 11.8 Å². The van der Waals surface area contributed by atoms with Gasteiger partial charge in [0.2, 0.25) is 0 Å². The lowest BCUT2D eigenvalue weighted by molar-refractivity contribution is 0.660. The minimum atomic E-state index is -2.90. The fraction of sp³-hybridized carbons (Fsp3) is 0.114. The van der Waals surface area contributed by atoms with E-state index in [4.69, 9.17) is 6.85 Å². The van der Waals surface area contributed by atoms with E-state index in [0.29, 0.717) is 16.7 Å². The Kier molecular flexibility index (Phi) is 4.81. The van der Waals surface area contributed by atoms with E-state index < -0.39 is 13.2 Å². The van der Waals surface area contributed by atoms with E-state index in [0.717, 1.165) is 32.7 Å². The average Bonchev–Trinajstić information content (AvgIpc) is 3.63. The van der Waals surface area contributed by atoms with Gasteiger partial charge >= 0.3 is 0 Å². The summed E-state index contributed by atoms with van der Waals surface area (Å²) in [4.78, 5) is 4.50. The molecule has 0 amide bonds. The molecule has 2 heteroatoms. The minimum Gasteiger partial charge on any atom is -0.296 e. The summed E-state index contributed by atoms with van der Waals surface area (Å²) in [5, 5.41) is 4.60. The first-order chi connectivity index (χ1) is 24.5. The van der Waals surface area contributed by atoms with E-state index in [9.17, 15) is 0 Å². The summed E-state index contributed by atoms with van der Waals surface area (Å²) in [6, 6.07) is 48.1. The summed E-state index contributed by atoms with van der Waals surface area (Å²) in [5.41, 5.74) is 11.5. The molecule has 0 bridgehead atoms. The SMILES string of the molecule is [2H]C([2H])([2H])C([2H])([2H])c1nc2ccccc2n1-c1ccc(-c2c3ccccc3c(-c3ccc4c(c3)C(C)(C)c3ccccc3-4)c3ccccc23)cc1. The van der Waals surface area contributed by atoms with Gasteiger partial charge in [0, 0.05) is 24.3 Å². The Bertz CT molecular complexity index is 2630. The topological polar surface area (TPSA) is 17.8 Å². The highest BCUT2D eigenvalue weighted by molar-refractivity contribution is 6.21. The molecule has 8 aromatic rings. The number of nitrogens with zero attached hydrogens (tertiary/aromatic N) is 2. The molecule has 220 valence electrons. The standard InChI is InChI=1S/C44H34N2/c1-4-41-45-39-19-11-12-20-40(39)46(41)30-24-21-28(22-25-30)42-33-14-5-7-16-35(33)43(36-17-8-6-15-34(36)42)29-23-26-32-31-13-9-10-18-37(31)44(2,3)38(32)27-29/h5-27H,4H2,1-3H3/i1D3,4D2. The van der Waals surface area contributed by atoms with Crippen LogP contribution in [0.3, 0.4) is 0 Å². The van der Waals surface area contributed by atoms with Crippen LogP contribution in [0.1, 0.15) is 44.5 Å². The highest BCUT2D eigenvalue weighted by atomic mass is 15.1. The quantitative estimate of drug-likeness (QED) is 0.185. The van der Waals surface area contributed by atoms with Crippen LogP contribution < -0.4 is 0 Å². The van der Waals surface area contributed by atoms with Crippen molar-refractivity contribution in [3.05, 3.63) is 156 Å². The second-order valence-corrected chi connectivity index (χ2v) is 12.7. The predicted molar refractivity (Wildman–Crippen MR) is 194 cm³/mol. The molecule has 1 heterocycles. The van der Waals surface area contributed by atoms with Crippen LogP contribution in [0, 0.1) is 0 Å². The second-order valence-electron chi connectivity index (χ2n) is 12.7. The average molecular weight is 596 g/mol. The Morgan fingerprint density at radius 2 is 1.17 bits per heavy atom. The molecule has 1 aliphatic rings. The van der Waals surface area contributed by atoms with Gasteiger partial charge in [0.1, 0.15) is 5.82 Å².